The van der Waals surface area contributed by atoms with E-state index < -0.39 is 12.0 Å². The lowest BCUT2D eigenvalue weighted by Gasteiger charge is -2.15. The van der Waals surface area contributed by atoms with E-state index in [1.807, 2.05) is 0 Å². The van der Waals surface area contributed by atoms with Crippen LogP contribution in [0.5, 0.6) is 0 Å². The maximum Gasteiger partial charge on any atom is 0.326 e. The molecule has 0 aromatic rings. The van der Waals surface area contributed by atoms with Gasteiger partial charge in [0.15, 0.2) is 0 Å². The fourth-order valence-electron chi connectivity index (χ4n) is 6.43. The molecule has 0 saturated carbocycles. The number of unbranched alkanes of at least 4 members (excludes halogenated alkanes) is 20. The first kappa shape index (κ1) is 51.3. The van der Waals surface area contributed by atoms with Gasteiger partial charge in [0, 0.05) is 12.8 Å². The molecule has 0 rings (SSSR count). The second-order valence-corrected chi connectivity index (χ2v) is 15.1. The Morgan fingerprint density at radius 2 is 1.02 bits per heavy atom. The van der Waals surface area contributed by atoms with Crippen LogP contribution in [0.4, 0.5) is 0 Å². The molecular formula is C47H84N2O5. The first-order chi connectivity index (χ1) is 26.4. The number of nitrogens with one attached hydrogen (secondary N) is 1. The lowest BCUT2D eigenvalue weighted by Crippen LogP contribution is -2.40. The Labute approximate surface area is 332 Å². The third-order valence-corrected chi connectivity index (χ3v) is 9.85. The summed E-state index contributed by atoms with van der Waals surface area (Å²) in [5.41, 5.74) is 5.48. The topological polar surface area (TPSA) is 119 Å². The first-order valence-corrected chi connectivity index (χ1v) is 22.5. The fourth-order valence-corrected chi connectivity index (χ4v) is 6.43. The zero-order chi connectivity index (χ0) is 39.6. The van der Waals surface area contributed by atoms with Crippen molar-refractivity contribution in [2.24, 2.45) is 5.73 Å². The summed E-state index contributed by atoms with van der Waals surface area (Å²) < 4.78 is 5.93. The van der Waals surface area contributed by atoms with Crippen LogP contribution in [-0.4, -0.2) is 41.6 Å². The molecule has 0 aromatic heterocycles. The molecule has 0 aromatic carbocycles. The highest BCUT2D eigenvalue weighted by atomic mass is 16.5. The number of carbonyl (C=O) groups is 3. The molecule has 0 radical (unpaired) electrons. The highest BCUT2D eigenvalue weighted by Crippen LogP contribution is 2.15. The second kappa shape index (κ2) is 41.5. The van der Waals surface area contributed by atoms with Crippen LogP contribution in [0.3, 0.4) is 0 Å². The normalized spacial score (nSPS) is 13.1. The molecule has 0 saturated heterocycles. The molecule has 0 fully saturated rings. The van der Waals surface area contributed by atoms with Gasteiger partial charge in [-0.2, -0.15) is 0 Å². The lowest BCUT2D eigenvalue weighted by atomic mass is 10.1. The monoisotopic (exact) mass is 757 g/mol. The average Bonchev–Trinajstić information content (AvgIpc) is 3.16. The minimum absolute atomic E-state index is 0.100. The smallest absolute Gasteiger partial charge is 0.326 e. The third kappa shape index (κ3) is 37.6. The summed E-state index contributed by atoms with van der Waals surface area (Å²) >= 11 is 0. The Bertz CT molecular complexity index is 989. The second-order valence-electron chi connectivity index (χ2n) is 15.1. The number of rotatable bonds is 40. The molecule has 7 nitrogen and oxygen atoms in total. The number of allylic oxidation sites excluding steroid dienone is 7. The molecule has 312 valence electrons. The van der Waals surface area contributed by atoms with Gasteiger partial charge in [0.25, 0.3) is 0 Å². The fraction of sp³-hybridized carbons (Fsp3) is 0.766. The van der Waals surface area contributed by atoms with Crippen LogP contribution in [0.25, 0.3) is 0 Å². The number of esters is 1. The number of carboxylic acids is 1. The van der Waals surface area contributed by atoms with Crippen LogP contribution in [0.2, 0.25) is 0 Å². The van der Waals surface area contributed by atoms with Gasteiger partial charge in [0.05, 0.1) is 0 Å². The maximum absolute atomic E-state index is 12.7. The standard InChI is InChI=1S/C47H84N2O5/c1-3-5-7-9-11-13-14-15-16-17-18-19-20-21-22-23-24-25-27-29-35-41-46(51)54-43(37-32-28-26-12-10-8-6-4-2)38-33-30-31-34-40-45(50)49-44(47(52)53)39-36-42-48/h14-15,17-18,20-21,32,37,43-44H,3-13,16,19,22-31,33-36,38-42,48H2,1-2H3,(H,49,50)(H,52,53)/b15-14-,18-17-,21-20-,37-32-. The Hall–Kier alpha value is -2.67. The van der Waals surface area contributed by atoms with E-state index in [9.17, 15) is 19.5 Å². The van der Waals surface area contributed by atoms with Crippen LogP contribution >= 0.6 is 0 Å². The molecule has 2 atom stereocenters. The summed E-state index contributed by atoms with van der Waals surface area (Å²) in [6, 6.07) is -0.873. The summed E-state index contributed by atoms with van der Waals surface area (Å²) in [5, 5.41) is 11.9. The van der Waals surface area contributed by atoms with Gasteiger partial charge in [-0.25, -0.2) is 4.79 Å². The SMILES string of the molecule is CCCCCCC/C=C\C/C=C\C/C=C\CCCCCCCCC(=O)OC(/C=C\CCCCCCCC)CCCCCCC(=O)NC(CCCN)C(=O)O. The molecule has 0 aliphatic heterocycles. The zero-order valence-electron chi connectivity index (χ0n) is 35.1. The van der Waals surface area contributed by atoms with Crippen molar-refractivity contribution in [2.45, 2.75) is 225 Å². The van der Waals surface area contributed by atoms with Crippen LogP contribution < -0.4 is 11.1 Å². The zero-order valence-corrected chi connectivity index (χ0v) is 35.1. The number of aliphatic carboxylic acids is 1. The molecule has 0 aliphatic carbocycles. The van der Waals surface area contributed by atoms with Crippen molar-refractivity contribution >= 4 is 17.8 Å². The summed E-state index contributed by atoms with van der Waals surface area (Å²) in [6.07, 6.45) is 50.3. The van der Waals surface area contributed by atoms with E-state index >= 15 is 0 Å². The number of hydrogen-bond donors (Lipinski definition) is 3. The van der Waals surface area contributed by atoms with Crippen molar-refractivity contribution < 1.29 is 24.2 Å². The third-order valence-electron chi connectivity index (χ3n) is 9.85. The number of carbonyl (C=O) groups excluding carboxylic acids is 2. The molecular weight excluding hydrogens is 673 g/mol. The summed E-state index contributed by atoms with van der Waals surface area (Å²) in [5.74, 6) is -1.34. The molecule has 54 heavy (non-hydrogen) atoms. The van der Waals surface area contributed by atoms with Crippen LogP contribution in [0.15, 0.2) is 48.6 Å². The number of nitrogens with two attached hydrogens (primary N) is 1. The predicted octanol–water partition coefficient (Wildman–Crippen LogP) is 12.8. The quantitative estimate of drug-likeness (QED) is 0.0325. The molecule has 1 amide bonds. The van der Waals surface area contributed by atoms with Gasteiger partial charge in [-0.05, 0) is 103 Å². The first-order valence-electron chi connectivity index (χ1n) is 22.5. The van der Waals surface area contributed by atoms with Gasteiger partial charge in [0.1, 0.15) is 12.1 Å². The predicted molar refractivity (Wildman–Crippen MR) is 230 cm³/mol. The van der Waals surface area contributed by atoms with Crippen molar-refractivity contribution in [3.63, 3.8) is 0 Å². The van der Waals surface area contributed by atoms with E-state index in [4.69, 9.17) is 10.5 Å². The van der Waals surface area contributed by atoms with E-state index in [0.29, 0.717) is 38.6 Å². The summed E-state index contributed by atoms with van der Waals surface area (Å²) in [7, 11) is 0. The van der Waals surface area contributed by atoms with Crippen molar-refractivity contribution in [3.8, 4) is 0 Å². The Morgan fingerprint density at radius 3 is 1.56 bits per heavy atom. The van der Waals surface area contributed by atoms with E-state index in [1.54, 1.807) is 0 Å². The lowest BCUT2D eigenvalue weighted by molar-refractivity contribution is -0.147. The van der Waals surface area contributed by atoms with Gasteiger partial charge in [-0.1, -0.05) is 153 Å². The molecule has 2 unspecified atom stereocenters. The van der Waals surface area contributed by atoms with Gasteiger partial charge >= 0.3 is 11.9 Å². The molecule has 0 aliphatic rings. The van der Waals surface area contributed by atoms with Crippen LogP contribution in [0, 0.1) is 0 Å². The number of carboxylic acid groups (broad SMARTS) is 1. The van der Waals surface area contributed by atoms with E-state index in [-0.39, 0.29) is 18.0 Å². The van der Waals surface area contributed by atoms with Crippen molar-refractivity contribution in [3.05, 3.63) is 48.6 Å². The van der Waals surface area contributed by atoms with Gasteiger partial charge in [-0.15, -0.1) is 0 Å². The van der Waals surface area contributed by atoms with E-state index in [0.717, 1.165) is 70.6 Å². The van der Waals surface area contributed by atoms with E-state index in [1.165, 1.54) is 96.3 Å². The Morgan fingerprint density at radius 1 is 0.556 bits per heavy atom. The molecule has 4 N–H and O–H groups in total. The van der Waals surface area contributed by atoms with Crippen molar-refractivity contribution in [1.82, 2.24) is 5.32 Å². The average molecular weight is 757 g/mol. The highest BCUT2D eigenvalue weighted by Gasteiger charge is 2.19. The minimum atomic E-state index is -1.02. The van der Waals surface area contributed by atoms with E-state index in [2.05, 4.69) is 67.8 Å². The molecule has 0 heterocycles. The summed E-state index contributed by atoms with van der Waals surface area (Å²) in [6.45, 7) is 4.90. The largest absolute Gasteiger partial charge is 0.480 e. The van der Waals surface area contributed by atoms with Crippen molar-refractivity contribution in [1.29, 1.82) is 0 Å². The molecule has 0 spiro atoms. The Kier molecular flexibility index (Phi) is 39.4. The maximum atomic E-state index is 12.7. The number of hydrogen-bond acceptors (Lipinski definition) is 5. The molecule has 0 bridgehead atoms. The van der Waals surface area contributed by atoms with Gasteiger partial charge in [-0.3, -0.25) is 9.59 Å². The van der Waals surface area contributed by atoms with Crippen molar-refractivity contribution in [2.75, 3.05) is 6.54 Å². The van der Waals surface area contributed by atoms with Crippen LogP contribution in [0.1, 0.15) is 213 Å². The highest BCUT2D eigenvalue weighted by molar-refractivity contribution is 5.83. The van der Waals surface area contributed by atoms with Gasteiger partial charge in [0.2, 0.25) is 5.91 Å². The minimum Gasteiger partial charge on any atom is -0.480 e. The number of ether oxygens (including phenoxy) is 1. The van der Waals surface area contributed by atoms with Crippen LogP contribution in [-0.2, 0) is 19.1 Å². The van der Waals surface area contributed by atoms with Gasteiger partial charge < -0.3 is 20.9 Å². The Balaban J connectivity index is 4.22. The summed E-state index contributed by atoms with van der Waals surface area (Å²) in [4.78, 5) is 36.3. The number of amides is 1. The molecule has 7 heteroatoms.